The summed E-state index contributed by atoms with van der Waals surface area (Å²) in [6.07, 6.45) is 0. The van der Waals surface area contributed by atoms with Crippen molar-refractivity contribution in [1.82, 2.24) is 4.98 Å². The van der Waals surface area contributed by atoms with Crippen molar-refractivity contribution in [2.75, 3.05) is 0 Å². The molecule has 0 aliphatic heterocycles. The summed E-state index contributed by atoms with van der Waals surface area (Å²) in [7, 11) is 0. The Balaban J connectivity index is 1.98. The molecule has 0 bridgehead atoms. The second kappa shape index (κ2) is 4.42. The van der Waals surface area contributed by atoms with Crippen LogP contribution in [-0.4, -0.2) is 4.98 Å². The molecule has 4 rings (SSSR count). The summed E-state index contributed by atoms with van der Waals surface area (Å²) in [6.45, 7) is 0. The fraction of sp³-hybridized carbons (Fsp3) is 0. The molecule has 0 radical (unpaired) electrons. The smallest absolute Gasteiger partial charge is 0.159 e. The Morgan fingerprint density at radius 2 is 1.57 bits per heavy atom. The fourth-order valence-electron chi connectivity index (χ4n) is 2.70. The molecule has 0 amide bonds. The normalized spacial score (nSPS) is 11.3. The number of rotatable bonds is 1. The lowest BCUT2D eigenvalue weighted by Gasteiger charge is -1.98. The molecule has 3 aromatic carbocycles. The number of H-pyrrole nitrogens is 1. The number of aromatic nitrogens is 1. The van der Waals surface area contributed by atoms with Gasteiger partial charge in [-0.3, -0.25) is 0 Å². The van der Waals surface area contributed by atoms with Crippen LogP contribution in [0.3, 0.4) is 0 Å². The van der Waals surface area contributed by atoms with E-state index in [0.29, 0.717) is 5.56 Å². The van der Waals surface area contributed by atoms with Gasteiger partial charge in [0.05, 0.1) is 0 Å². The lowest BCUT2D eigenvalue weighted by molar-refractivity contribution is 0.509. The molecule has 0 unspecified atom stereocenters. The minimum Gasteiger partial charge on any atom is -0.355 e. The molecule has 0 atom stereocenters. The predicted molar refractivity (Wildman–Crippen MR) is 81.2 cm³/mol. The van der Waals surface area contributed by atoms with Gasteiger partial charge < -0.3 is 4.98 Å². The largest absolute Gasteiger partial charge is 0.355 e. The first kappa shape index (κ1) is 12.1. The van der Waals surface area contributed by atoms with Gasteiger partial charge in [0.1, 0.15) is 0 Å². The van der Waals surface area contributed by atoms with Crippen LogP contribution in [0.15, 0.2) is 60.7 Å². The van der Waals surface area contributed by atoms with E-state index < -0.39 is 11.6 Å². The van der Waals surface area contributed by atoms with Gasteiger partial charge in [0.25, 0.3) is 0 Å². The molecule has 0 aliphatic carbocycles. The molecular formula is C18H11F2N. The Hall–Kier alpha value is -2.68. The molecule has 0 fully saturated rings. The van der Waals surface area contributed by atoms with Crippen molar-refractivity contribution in [3.8, 4) is 11.3 Å². The summed E-state index contributed by atoms with van der Waals surface area (Å²) in [4.78, 5) is 3.26. The van der Waals surface area contributed by atoms with E-state index in [2.05, 4.69) is 17.1 Å². The van der Waals surface area contributed by atoms with Crippen molar-refractivity contribution in [2.45, 2.75) is 0 Å². The number of benzene rings is 3. The first-order valence-electron chi connectivity index (χ1n) is 6.68. The molecule has 1 heterocycles. The van der Waals surface area contributed by atoms with Gasteiger partial charge in [0.2, 0.25) is 0 Å². The molecule has 0 saturated carbocycles. The highest BCUT2D eigenvalue weighted by Crippen LogP contribution is 2.30. The minimum absolute atomic E-state index is 0.634. The van der Waals surface area contributed by atoms with Crippen molar-refractivity contribution in [3.05, 3.63) is 72.3 Å². The third-order valence-electron chi connectivity index (χ3n) is 3.76. The minimum atomic E-state index is -0.837. The number of fused-ring (bicyclic) bond motifs is 3. The average molecular weight is 279 g/mol. The van der Waals surface area contributed by atoms with E-state index in [0.717, 1.165) is 33.4 Å². The summed E-state index contributed by atoms with van der Waals surface area (Å²) in [5, 5.41) is 3.37. The first-order chi connectivity index (χ1) is 10.2. The van der Waals surface area contributed by atoms with Gasteiger partial charge in [0.15, 0.2) is 11.6 Å². The Bertz CT molecular complexity index is 969. The Kier molecular flexibility index (Phi) is 2.54. The van der Waals surface area contributed by atoms with Gasteiger partial charge in [-0.05, 0) is 41.1 Å². The maximum Gasteiger partial charge on any atom is 0.159 e. The van der Waals surface area contributed by atoms with Gasteiger partial charge in [-0.15, -0.1) is 0 Å². The van der Waals surface area contributed by atoms with Crippen LogP contribution in [0.25, 0.3) is 32.9 Å². The lowest BCUT2D eigenvalue weighted by Crippen LogP contribution is -1.85. The molecule has 4 aromatic rings. The molecule has 102 valence electrons. The van der Waals surface area contributed by atoms with E-state index in [1.165, 1.54) is 6.07 Å². The van der Waals surface area contributed by atoms with E-state index >= 15 is 0 Å². The molecule has 1 aromatic heterocycles. The maximum absolute atomic E-state index is 13.4. The van der Waals surface area contributed by atoms with Crippen LogP contribution in [0, 0.1) is 11.6 Å². The SMILES string of the molecule is Fc1ccc(-c2cc3c(ccc4ccccc43)[nH]2)cc1F. The molecule has 0 aliphatic rings. The van der Waals surface area contributed by atoms with Crippen molar-refractivity contribution in [2.24, 2.45) is 0 Å². The second-order valence-electron chi connectivity index (χ2n) is 5.06. The number of hydrogen-bond acceptors (Lipinski definition) is 0. The maximum atomic E-state index is 13.4. The predicted octanol–water partition coefficient (Wildman–Crippen LogP) is 5.27. The summed E-state index contributed by atoms with van der Waals surface area (Å²) < 4.78 is 26.4. The zero-order valence-electron chi connectivity index (χ0n) is 11.0. The summed E-state index contributed by atoms with van der Waals surface area (Å²) in [6, 6.07) is 18.1. The molecule has 1 nitrogen and oxygen atoms in total. The van der Waals surface area contributed by atoms with Gasteiger partial charge >= 0.3 is 0 Å². The van der Waals surface area contributed by atoms with Gasteiger partial charge in [-0.25, -0.2) is 8.78 Å². The molecule has 0 saturated heterocycles. The van der Waals surface area contributed by atoms with Gasteiger partial charge in [0, 0.05) is 22.2 Å². The second-order valence-corrected chi connectivity index (χ2v) is 5.06. The highest BCUT2D eigenvalue weighted by Gasteiger charge is 2.09. The Labute approximate surface area is 119 Å². The summed E-state index contributed by atoms with van der Waals surface area (Å²) in [5.74, 6) is -1.67. The van der Waals surface area contributed by atoms with Crippen LogP contribution < -0.4 is 0 Å². The van der Waals surface area contributed by atoms with E-state index in [-0.39, 0.29) is 0 Å². The van der Waals surface area contributed by atoms with E-state index in [4.69, 9.17) is 0 Å². The number of nitrogens with one attached hydrogen (secondary N) is 1. The van der Waals surface area contributed by atoms with Crippen molar-refractivity contribution < 1.29 is 8.78 Å². The van der Waals surface area contributed by atoms with E-state index in [9.17, 15) is 8.78 Å². The standard InChI is InChI=1S/C18H11F2N/c19-15-7-5-12(9-16(15)20)18-10-14-13-4-2-1-3-11(13)6-8-17(14)21-18/h1-10,21H. The summed E-state index contributed by atoms with van der Waals surface area (Å²) in [5.41, 5.74) is 2.39. The summed E-state index contributed by atoms with van der Waals surface area (Å²) >= 11 is 0. The van der Waals surface area contributed by atoms with E-state index in [1.54, 1.807) is 6.07 Å². The molecule has 0 spiro atoms. The number of aromatic amines is 1. The highest BCUT2D eigenvalue weighted by atomic mass is 19.2. The van der Waals surface area contributed by atoms with Crippen LogP contribution >= 0.6 is 0 Å². The van der Waals surface area contributed by atoms with Crippen molar-refractivity contribution in [3.63, 3.8) is 0 Å². The molecular weight excluding hydrogens is 268 g/mol. The van der Waals surface area contributed by atoms with Crippen LogP contribution in [0.4, 0.5) is 8.78 Å². The van der Waals surface area contributed by atoms with Crippen LogP contribution in [0.2, 0.25) is 0 Å². The lowest BCUT2D eigenvalue weighted by atomic mass is 10.1. The average Bonchev–Trinajstić information content (AvgIpc) is 2.94. The van der Waals surface area contributed by atoms with E-state index in [1.807, 2.05) is 30.3 Å². The number of hydrogen-bond donors (Lipinski definition) is 1. The highest BCUT2D eigenvalue weighted by molar-refractivity contribution is 6.08. The topological polar surface area (TPSA) is 15.8 Å². The Morgan fingerprint density at radius 3 is 2.43 bits per heavy atom. The third kappa shape index (κ3) is 1.89. The van der Waals surface area contributed by atoms with Crippen LogP contribution in [0.1, 0.15) is 0 Å². The van der Waals surface area contributed by atoms with Crippen molar-refractivity contribution in [1.29, 1.82) is 0 Å². The quantitative estimate of drug-likeness (QED) is 0.489. The fourth-order valence-corrected chi connectivity index (χ4v) is 2.70. The van der Waals surface area contributed by atoms with Gasteiger partial charge in [-0.1, -0.05) is 30.3 Å². The molecule has 21 heavy (non-hydrogen) atoms. The molecule has 1 N–H and O–H groups in total. The first-order valence-corrected chi connectivity index (χ1v) is 6.68. The van der Waals surface area contributed by atoms with Crippen LogP contribution in [0.5, 0.6) is 0 Å². The Morgan fingerprint density at radius 1 is 0.714 bits per heavy atom. The van der Waals surface area contributed by atoms with Gasteiger partial charge in [-0.2, -0.15) is 0 Å². The molecule has 3 heteroatoms. The van der Waals surface area contributed by atoms with Crippen molar-refractivity contribution >= 4 is 21.7 Å². The third-order valence-corrected chi connectivity index (χ3v) is 3.76. The zero-order chi connectivity index (χ0) is 14.4. The monoisotopic (exact) mass is 279 g/mol. The zero-order valence-corrected chi connectivity index (χ0v) is 11.0. The number of halogens is 2. The van der Waals surface area contributed by atoms with Crippen LogP contribution in [-0.2, 0) is 0 Å².